The summed E-state index contributed by atoms with van der Waals surface area (Å²) >= 11 is 0. The van der Waals surface area contributed by atoms with Crippen molar-refractivity contribution in [1.82, 2.24) is 0 Å². The molecule has 0 unspecified atom stereocenters. The van der Waals surface area contributed by atoms with Crippen LogP contribution in [-0.4, -0.2) is 21.3 Å². The Morgan fingerprint density at radius 3 is 1.51 bits per heavy atom. The van der Waals surface area contributed by atoms with Gasteiger partial charge in [-0.25, -0.2) is 4.79 Å². The summed E-state index contributed by atoms with van der Waals surface area (Å²) in [5.74, 6) is -0.233. The number of carboxylic acids is 1. The number of aromatic hydroxyl groups is 2. The largest absolute Gasteiger partial charge is 0.507 e. The molecule has 0 aliphatic heterocycles. The van der Waals surface area contributed by atoms with Crippen molar-refractivity contribution in [3.8, 4) is 11.5 Å². The molecule has 0 heterocycles. The fourth-order valence-corrected chi connectivity index (χ4v) is 4.72. The number of carbonyl (C=O) groups is 1. The molecule has 0 fully saturated rings. The van der Waals surface area contributed by atoms with Crippen LogP contribution in [0.3, 0.4) is 0 Å². The average Bonchev–Trinajstić information content (AvgIpc) is 2.78. The highest BCUT2D eigenvalue weighted by Gasteiger charge is 2.29. The highest BCUT2D eigenvalue weighted by Crippen LogP contribution is 2.46. The summed E-state index contributed by atoms with van der Waals surface area (Å²) in [5, 5.41) is 30.5. The van der Waals surface area contributed by atoms with Crippen LogP contribution < -0.4 is 0 Å². The average molecular weight is 511 g/mol. The standard InChI is InChI=1S/C30H46O2.C3H4O2/c1-10-11-12-13-14-15-22(23-16-20(2)18-25(27(23)31)29(4,5)6)24-17-21(3)19-26(28(24)32)30(7,8)9;1-2-3(4)5/h16-19,22,31-32H,10-15H2,1-9H3;2H,1H2,(H,4,5). The van der Waals surface area contributed by atoms with Gasteiger partial charge in [-0.05, 0) is 42.2 Å². The van der Waals surface area contributed by atoms with Crippen molar-refractivity contribution in [2.75, 3.05) is 0 Å². The number of rotatable bonds is 9. The van der Waals surface area contributed by atoms with Crippen LogP contribution in [0.1, 0.15) is 126 Å². The number of benzene rings is 2. The zero-order valence-corrected chi connectivity index (χ0v) is 24.7. The molecule has 0 bridgehead atoms. The fourth-order valence-electron chi connectivity index (χ4n) is 4.72. The van der Waals surface area contributed by atoms with Gasteiger partial charge in [-0.2, -0.15) is 0 Å². The monoisotopic (exact) mass is 510 g/mol. The number of phenols is 2. The first-order valence-corrected chi connectivity index (χ1v) is 13.6. The molecular formula is C33H50O4. The number of carboxylic acid groups (broad SMARTS) is 1. The number of aryl methyl sites for hydroxylation is 2. The van der Waals surface area contributed by atoms with Crippen LogP contribution >= 0.6 is 0 Å². The van der Waals surface area contributed by atoms with E-state index in [4.69, 9.17) is 5.11 Å². The van der Waals surface area contributed by atoms with Gasteiger partial charge in [0.15, 0.2) is 0 Å². The van der Waals surface area contributed by atoms with E-state index in [0.29, 0.717) is 11.5 Å². The summed E-state index contributed by atoms with van der Waals surface area (Å²) < 4.78 is 0. The van der Waals surface area contributed by atoms with Crippen molar-refractivity contribution in [1.29, 1.82) is 0 Å². The molecular weight excluding hydrogens is 460 g/mol. The second-order valence-corrected chi connectivity index (χ2v) is 12.3. The van der Waals surface area contributed by atoms with Crippen molar-refractivity contribution in [3.05, 3.63) is 70.3 Å². The van der Waals surface area contributed by atoms with Gasteiger partial charge in [-0.15, -0.1) is 0 Å². The van der Waals surface area contributed by atoms with Crippen LogP contribution in [0.15, 0.2) is 36.9 Å². The van der Waals surface area contributed by atoms with Crippen molar-refractivity contribution >= 4 is 5.97 Å². The Hall–Kier alpha value is -2.75. The second kappa shape index (κ2) is 13.7. The van der Waals surface area contributed by atoms with Crippen molar-refractivity contribution < 1.29 is 20.1 Å². The first-order valence-electron chi connectivity index (χ1n) is 13.6. The first-order chi connectivity index (χ1) is 17.0. The van der Waals surface area contributed by atoms with E-state index in [1.165, 1.54) is 25.7 Å². The summed E-state index contributed by atoms with van der Waals surface area (Å²) in [6.45, 7) is 22.3. The quantitative estimate of drug-likeness (QED) is 0.232. The molecule has 2 rings (SSSR count). The van der Waals surface area contributed by atoms with E-state index in [1.807, 2.05) is 0 Å². The maximum atomic E-state index is 11.4. The van der Waals surface area contributed by atoms with E-state index in [0.717, 1.165) is 52.3 Å². The van der Waals surface area contributed by atoms with Gasteiger partial charge < -0.3 is 15.3 Å². The van der Waals surface area contributed by atoms with Gasteiger partial charge in [0.05, 0.1) is 0 Å². The van der Waals surface area contributed by atoms with Gasteiger partial charge in [-0.3, -0.25) is 0 Å². The number of phenolic OH excluding ortho intramolecular Hbond substituents is 2. The molecule has 0 aliphatic rings. The third-order valence-corrected chi connectivity index (χ3v) is 6.71. The van der Waals surface area contributed by atoms with Crippen LogP contribution in [0.4, 0.5) is 0 Å². The predicted molar refractivity (Wildman–Crippen MR) is 156 cm³/mol. The molecule has 2 aromatic rings. The maximum Gasteiger partial charge on any atom is 0.327 e. The molecule has 0 amide bonds. The molecule has 0 spiro atoms. The Kier molecular flexibility index (Phi) is 11.9. The van der Waals surface area contributed by atoms with E-state index in [2.05, 4.69) is 93.2 Å². The first kappa shape index (κ1) is 32.3. The summed E-state index contributed by atoms with van der Waals surface area (Å²) in [6.07, 6.45) is 7.75. The third kappa shape index (κ3) is 9.57. The minimum absolute atomic E-state index is 0.0290. The Balaban J connectivity index is 0.00000124. The minimum Gasteiger partial charge on any atom is -0.507 e. The normalized spacial score (nSPS) is 11.7. The molecule has 3 N–H and O–H groups in total. The van der Waals surface area contributed by atoms with Gasteiger partial charge in [0.2, 0.25) is 0 Å². The molecule has 4 nitrogen and oxygen atoms in total. The van der Waals surface area contributed by atoms with E-state index >= 15 is 0 Å². The zero-order valence-electron chi connectivity index (χ0n) is 24.7. The van der Waals surface area contributed by atoms with E-state index < -0.39 is 5.97 Å². The topological polar surface area (TPSA) is 77.8 Å². The molecule has 2 aromatic carbocycles. The molecule has 0 aliphatic carbocycles. The van der Waals surface area contributed by atoms with Gasteiger partial charge >= 0.3 is 5.97 Å². The molecule has 0 aromatic heterocycles. The van der Waals surface area contributed by atoms with E-state index in [9.17, 15) is 15.0 Å². The van der Waals surface area contributed by atoms with Gasteiger partial charge in [0.25, 0.3) is 0 Å². The zero-order chi connectivity index (χ0) is 28.6. The van der Waals surface area contributed by atoms with Crippen molar-refractivity contribution in [3.63, 3.8) is 0 Å². The molecule has 0 saturated carbocycles. The van der Waals surface area contributed by atoms with Crippen LogP contribution in [-0.2, 0) is 15.6 Å². The van der Waals surface area contributed by atoms with Crippen LogP contribution in [0.5, 0.6) is 11.5 Å². The van der Waals surface area contributed by atoms with Gasteiger partial charge in [0, 0.05) is 23.1 Å². The Morgan fingerprint density at radius 2 is 1.19 bits per heavy atom. The Morgan fingerprint density at radius 1 is 0.811 bits per heavy atom. The lowest BCUT2D eigenvalue weighted by atomic mass is 9.77. The highest BCUT2D eigenvalue weighted by molar-refractivity contribution is 5.78. The van der Waals surface area contributed by atoms with Crippen LogP contribution in [0.25, 0.3) is 0 Å². The number of unbranched alkanes of at least 4 members (excludes halogenated alkanes) is 4. The van der Waals surface area contributed by atoms with Crippen molar-refractivity contribution in [2.24, 2.45) is 0 Å². The van der Waals surface area contributed by atoms with Crippen LogP contribution in [0, 0.1) is 13.8 Å². The van der Waals surface area contributed by atoms with Crippen LogP contribution in [0.2, 0.25) is 0 Å². The molecule has 4 heteroatoms. The van der Waals surface area contributed by atoms with Gasteiger partial charge in [-0.1, -0.05) is 123 Å². The predicted octanol–water partition coefficient (Wildman–Crippen LogP) is 9.06. The number of aliphatic carboxylic acids is 1. The maximum absolute atomic E-state index is 11.4. The van der Waals surface area contributed by atoms with E-state index in [-0.39, 0.29) is 16.7 Å². The lowest BCUT2D eigenvalue weighted by Crippen LogP contribution is -2.16. The lowest BCUT2D eigenvalue weighted by molar-refractivity contribution is -0.131. The van der Waals surface area contributed by atoms with Crippen molar-refractivity contribution in [2.45, 2.75) is 118 Å². The SMILES string of the molecule is C=CC(=O)O.CCCCCCCC(c1cc(C)cc(C(C)(C)C)c1O)c1cc(C)cc(C(C)(C)C)c1O. The fraction of sp³-hybridized carbons (Fsp3) is 0.545. The minimum atomic E-state index is -0.981. The summed E-state index contributed by atoms with van der Waals surface area (Å²) in [6, 6.07) is 8.46. The lowest BCUT2D eigenvalue weighted by Gasteiger charge is -2.29. The van der Waals surface area contributed by atoms with E-state index in [1.54, 1.807) is 0 Å². The summed E-state index contributed by atoms with van der Waals surface area (Å²) in [5.41, 5.74) is 5.86. The number of hydrogen-bond donors (Lipinski definition) is 3. The van der Waals surface area contributed by atoms with Gasteiger partial charge in [0.1, 0.15) is 11.5 Å². The smallest absolute Gasteiger partial charge is 0.327 e. The molecule has 0 saturated heterocycles. The molecule has 37 heavy (non-hydrogen) atoms. The third-order valence-electron chi connectivity index (χ3n) is 6.71. The summed E-state index contributed by atoms with van der Waals surface area (Å²) in [4.78, 5) is 9.25. The summed E-state index contributed by atoms with van der Waals surface area (Å²) in [7, 11) is 0. The second-order valence-electron chi connectivity index (χ2n) is 12.3. The Labute approximate surface area is 225 Å². The highest BCUT2D eigenvalue weighted by atomic mass is 16.4. The molecule has 0 radical (unpaired) electrons. The molecule has 0 atom stereocenters. The number of hydrogen-bond acceptors (Lipinski definition) is 3. The Bertz CT molecular complexity index is 982. The molecule has 206 valence electrons.